The van der Waals surface area contributed by atoms with E-state index in [-0.39, 0.29) is 30.7 Å². The van der Waals surface area contributed by atoms with Crippen molar-refractivity contribution in [3.63, 3.8) is 0 Å². The molecule has 1 fully saturated rings. The molecule has 0 bridgehead atoms. The van der Waals surface area contributed by atoms with Crippen LogP contribution in [0.3, 0.4) is 0 Å². The Morgan fingerprint density at radius 3 is 2.38 bits per heavy atom. The largest absolute Gasteiger partial charge is 0.317 e. The van der Waals surface area contributed by atoms with Gasteiger partial charge < -0.3 is 5.32 Å². The number of nitrogens with two attached hydrogens (primary N) is 1. The summed E-state index contributed by atoms with van der Waals surface area (Å²) in [5.41, 5.74) is 2.15. The highest BCUT2D eigenvalue weighted by Crippen LogP contribution is 2.14. The molecule has 0 radical (unpaired) electrons. The highest BCUT2D eigenvalue weighted by atomic mass is 35.5. The summed E-state index contributed by atoms with van der Waals surface area (Å²) in [4.78, 5) is 10.8. The van der Waals surface area contributed by atoms with Gasteiger partial charge in [-0.1, -0.05) is 0 Å². The maximum atomic E-state index is 10.8. The predicted octanol–water partition coefficient (Wildman–Crippen LogP) is 0.210. The van der Waals surface area contributed by atoms with Crippen LogP contribution in [0.2, 0.25) is 0 Å². The molecular weight excluding hydrogens is 213 g/mol. The summed E-state index contributed by atoms with van der Waals surface area (Å²) in [7, 11) is 0. The fourth-order valence-corrected chi connectivity index (χ4v) is 1.41. The maximum Gasteiger partial charge on any atom is 0.234 e. The Hall–Kier alpha value is -0.0300. The van der Waals surface area contributed by atoms with Crippen LogP contribution in [0.5, 0.6) is 0 Å². The maximum absolute atomic E-state index is 10.8. The summed E-state index contributed by atoms with van der Waals surface area (Å²) in [5, 5.41) is 3.24. The second-order valence-corrected chi connectivity index (χ2v) is 2.97. The van der Waals surface area contributed by atoms with Crippen LogP contribution in [0.25, 0.3) is 0 Å². The molecular formula is C7H17Cl2N3O. The van der Waals surface area contributed by atoms with E-state index in [1.54, 1.807) is 0 Å². The van der Waals surface area contributed by atoms with Gasteiger partial charge in [-0.05, 0) is 31.8 Å². The van der Waals surface area contributed by atoms with Gasteiger partial charge in [-0.15, -0.1) is 24.8 Å². The third-order valence-electron chi connectivity index (χ3n) is 2.09. The third-order valence-corrected chi connectivity index (χ3v) is 2.09. The van der Waals surface area contributed by atoms with E-state index in [1.165, 1.54) is 0 Å². The SMILES string of the molecule is Cl.Cl.NNC(=O)CC1CCNCC1. The molecule has 0 aromatic rings. The van der Waals surface area contributed by atoms with Crippen molar-refractivity contribution in [2.45, 2.75) is 19.3 Å². The summed E-state index contributed by atoms with van der Waals surface area (Å²) in [6, 6.07) is 0. The number of carbonyl (C=O) groups is 1. The first-order chi connectivity index (χ1) is 5.33. The first kappa shape index (κ1) is 15.4. The second kappa shape index (κ2) is 8.56. The van der Waals surface area contributed by atoms with Gasteiger partial charge in [0, 0.05) is 6.42 Å². The van der Waals surface area contributed by atoms with Gasteiger partial charge in [-0.2, -0.15) is 0 Å². The van der Waals surface area contributed by atoms with Crippen LogP contribution in [0.4, 0.5) is 0 Å². The number of halogens is 2. The minimum absolute atomic E-state index is 0. The van der Waals surface area contributed by atoms with Gasteiger partial charge in [-0.3, -0.25) is 10.2 Å². The molecule has 1 amide bonds. The molecule has 0 saturated carbocycles. The van der Waals surface area contributed by atoms with Crippen molar-refractivity contribution < 1.29 is 4.79 Å². The smallest absolute Gasteiger partial charge is 0.234 e. The summed E-state index contributed by atoms with van der Waals surface area (Å²) in [6.07, 6.45) is 2.76. The first-order valence-corrected chi connectivity index (χ1v) is 4.03. The number of hydrazine groups is 1. The van der Waals surface area contributed by atoms with Gasteiger partial charge in [0.05, 0.1) is 0 Å². The van der Waals surface area contributed by atoms with Gasteiger partial charge in [0.15, 0.2) is 0 Å². The Bertz CT molecular complexity index is 140. The second-order valence-electron chi connectivity index (χ2n) is 2.97. The highest BCUT2D eigenvalue weighted by Gasteiger charge is 2.15. The average Bonchev–Trinajstić information content (AvgIpc) is 2.06. The lowest BCUT2D eigenvalue weighted by molar-refractivity contribution is -0.122. The number of hydrogen-bond donors (Lipinski definition) is 3. The zero-order chi connectivity index (χ0) is 8.10. The monoisotopic (exact) mass is 229 g/mol. The highest BCUT2D eigenvalue weighted by molar-refractivity contribution is 5.85. The van der Waals surface area contributed by atoms with Gasteiger partial charge >= 0.3 is 0 Å². The van der Waals surface area contributed by atoms with Gasteiger partial charge in [0.1, 0.15) is 0 Å². The van der Waals surface area contributed by atoms with Crippen molar-refractivity contribution in [3.05, 3.63) is 0 Å². The molecule has 0 aromatic carbocycles. The average molecular weight is 230 g/mol. The van der Waals surface area contributed by atoms with Crippen LogP contribution in [0, 0.1) is 5.92 Å². The molecule has 1 aliphatic heterocycles. The van der Waals surface area contributed by atoms with Crippen LogP contribution in [0.1, 0.15) is 19.3 Å². The molecule has 0 atom stereocenters. The molecule has 6 heteroatoms. The Morgan fingerprint density at radius 2 is 1.92 bits per heavy atom. The predicted molar refractivity (Wildman–Crippen MR) is 57.0 cm³/mol. The van der Waals surface area contributed by atoms with E-state index < -0.39 is 0 Å². The topological polar surface area (TPSA) is 67.1 Å². The zero-order valence-electron chi connectivity index (χ0n) is 7.41. The minimum atomic E-state index is -0.0445. The van der Waals surface area contributed by atoms with E-state index in [0.29, 0.717) is 12.3 Å². The molecule has 0 spiro atoms. The summed E-state index contributed by atoms with van der Waals surface area (Å²) in [6.45, 7) is 2.06. The fraction of sp³-hybridized carbons (Fsp3) is 0.857. The summed E-state index contributed by atoms with van der Waals surface area (Å²) in [5.74, 6) is 5.46. The van der Waals surface area contributed by atoms with Crippen LogP contribution >= 0.6 is 24.8 Å². The van der Waals surface area contributed by atoms with Crippen LogP contribution in [0.15, 0.2) is 0 Å². The van der Waals surface area contributed by atoms with Gasteiger partial charge in [-0.25, -0.2) is 5.84 Å². The fourth-order valence-electron chi connectivity index (χ4n) is 1.41. The van der Waals surface area contributed by atoms with Crippen molar-refractivity contribution in [1.82, 2.24) is 10.7 Å². The summed E-state index contributed by atoms with van der Waals surface area (Å²) < 4.78 is 0. The lowest BCUT2D eigenvalue weighted by Gasteiger charge is -2.21. The van der Waals surface area contributed by atoms with Gasteiger partial charge in [0.25, 0.3) is 0 Å². The van der Waals surface area contributed by atoms with E-state index in [1.807, 2.05) is 0 Å². The molecule has 1 heterocycles. The van der Waals surface area contributed by atoms with Crippen LogP contribution in [-0.4, -0.2) is 19.0 Å². The molecule has 1 saturated heterocycles. The molecule has 1 aliphatic rings. The Labute approximate surface area is 90.8 Å². The van der Waals surface area contributed by atoms with Crippen LogP contribution < -0.4 is 16.6 Å². The summed E-state index contributed by atoms with van der Waals surface area (Å²) >= 11 is 0. The molecule has 0 unspecified atom stereocenters. The van der Waals surface area contributed by atoms with Crippen molar-refractivity contribution in [1.29, 1.82) is 0 Å². The molecule has 4 N–H and O–H groups in total. The lowest BCUT2D eigenvalue weighted by Crippen LogP contribution is -2.35. The number of hydrogen-bond acceptors (Lipinski definition) is 3. The van der Waals surface area contributed by atoms with Crippen molar-refractivity contribution >= 4 is 30.7 Å². The number of amides is 1. The molecule has 4 nitrogen and oxygen atoms in total. The zero-order valence-corrected chi connectivity index (χ0v) is 9.05. The van der Waals surface area contributed by atoms with Gasteiger partial charge in [0.2, 0.25) is 5.91 Å². The molecule has 13 heavy (non-hydrogen) atoms. The Balaban J connectivity index is 0. The van der Waals surface area contributed by atoms with Crippen molar-refractivity contribution in [2.24, 2.45) is 11.8 Å². The third kappa shape index (κ3) is 6.10. The minimum Gasteiger partial charge on any atom is -0.317 e. The molecule has 1 rings (SSSR count). The number of nitrogens with one attached hydrogen (secondary N) is 2. The molecule has 80 valence electrons. The van der Waals surface area contributed by atoms with Crippen molar-refractivity contribution in [3.8, 4) is 0 Å². The lowest BCUT2D eigenvalue weighted by atomic mass is 9.94. The van der Waals surface area contributed by atoms with E-state index in [9.17, 15) is 4.79 Å². The van der Waals surface area contributed by atoms with E-state index in [4.69, 9.17) is 5.84 Å². The normalized spacial score (nSPS) is 16.7. The quantitative estimate of drug-likeness (QED) is 0.361. The van der Waals surface area contributed by atoms with E-state index in [2.05, 4.69) is 10.7 Å². The standard InChI is InChI=1S/C7H15N3O.2ClH/c8-10-7(11)5-6-1-3-9-4-2-6;;/h6,9H,1-5,8H2,(H,10,11);2*1H. The molecule has 0 aromatic heterocycles. The number of carbonyl (C=O) groups excluding carboxylic acids is 1. The number of piperidine rings is 1. The van der Waals surface area contributed by atoms with Crippen LogP contribution in [-0.2, 0) is 4.79 Å². The van der Waals surface area contributed by atoms with E-state index in [0.717, 1.165) is 25.9 Å². The van der Waals surface area contributed by atoms with Crippen molar-refractivity contribution in [2.75, 3.05) is 13.1 Å². The number of rotatable bonds is 2. The molecule has 0 aliphatic carbocycles. The van der Waals surface area contributed by atoms with E-state index >= 15 is 0 Å². The Kier molecular flexibility index (Phi) is 10.2. The first-order valence-electron chi connectivity index (χ1n) is 4.03. The Morgan fingerprint density at radius 1 is 1.38 bits per heavy atom.